The third-order valence-corrected chi connectivity index (χ3v) is 5.65. The first kappa shape index (κ1) is 19.4. The second kappa shape index (κ2) is 6.96. The van der Waals surface area contributed by atoms with Crippen molar-refractivity contribution in [2.75, 3.05) is 16.2 Å². The molecule has 0 aliphatic carbocycles. The highest BCUT2D eigenvalue weighted by Gasteiger charge is 2.32. The Bertz CT molecular complexity index is 981. The Balaban J connectivity index is 1.82. The first-order chi connectivity index (χ1) is 12.5. The standard InChI is InChI=1S/C20H23FN2O3S/c1-20(2,3)19(24)23-10-9-15-7-8-17(12-18(15)23)22-27(25,26)13-14-5-4-6-16(21)11-14/h4-8,11-12,22H,9-10,13H2,1-3H3. The molecule has 0 saturated carbocycles. The van der Waals surface area contributed by atoms with Gasteiger partial charge in [0, 0.05) is 17.6 Å². The fraction of sp³-hybridized carbons (Fsp3) is 0.350. The number of hydrogen-bond acceptors (Lipinski definition) is 3. The molecule has 0 aromatic heterocycles. The quantitative estimate of drug-likeness (QED) is 0.866. The van der Waals surface area contributed by atoms with E-state index in [-0.39, 0.29) is 11.7 Å². The van der Waals surface area contributed by atoms with Crippen LogP contribution in [0.4, 0.5) is 15.8 Å². The number of benzene rings is 2. The van der Waals surface area contributed by atoms with E-state index in [0.717, 1.165) is 17.7 Å². The van der Waals surface area contributed by atoms with Gasteiger partial charge in [0.25, 0.3) is 0 Å². The monoisotopic (exact) mass is 390 g/mol. The first-order valence-corrected chi connectivity index (χ1v) is 10.4. The number of nitrogens with zero attached hydrogens (tertiary/aromatic N) is 1. The van der Waals surface area contributed by atoms with Crippen molar-refractivity contribution in [3.05, 3.63) is 59.4 Å². The Morgan fingerprint density at radius 1 is 1.19 bits per heavy atom. The van der Waals surface area contributed by atoms with E-state index in [4.69, 9.17) is 0 Å². The zero-order valence-corrected chi connectivity index (χ0v) is 16.4. The number of carbonyl (C=O) groups excluding carboxylic acids is 1. The number of nitrogens with one attached hydrogen (secondary N) is 1. The molecule has 27 heavy (non-hydrogen) atoms. The predicted molar refractivity (Wildman–Crippen MR) is 105 cm³/mol. The maximum atomic E-state index is 13.3. The number of carbonyl (C=O) groups is 1. The van der Waals surface area contributed by atoms with Gasteiger partial charge >= 0.3 is 0 Å². The number of fused-ring (bicyclic) bond motifs is 1. The Morgan fingerprint density at radius 2 is 1.93 bits per heavy atom. The SMILES string of the molecule is CC(C)(C)C(=O)N1CCc2ccc(NS(=O)(=O)Cc3cccc(F)c3)cc21. The van der Waals surface area contributed by atoms with Crippen LogP contribution in [-0.4, -0.2) is 20.9 Å². The van der Waals surface area contributed by atoms with Crippen molar-refractivity contribution in [2.45, 2.75) is 32.9 Å². The van der Waals surface area contributed by atoms with E-state index in [1.165, 1.54) is 18.2 Å². The summed E-state index contributed by atoms with van der Waals surface area (Å²) < 4.78 is 40.7. The van der Waals surface area contributed by atoms with Crippen LogP contribution in [-0.2, 0) is 27.0 Å². The molecular formula is C20H23FN2O3S. The number of amides is 1. The molecule has 0 saturated heterocycles. The van der Waals surface area contributed by atoms with Gasteiger partial charge in [-0.2, -0.15) is 0 Å². The average Bonchev–Trinajstić information content (AvgIpc) is 2.95. The van der Waals surface area contributed by atoms with Crippen LogP contribution < -0.4 is 9.62 Å². The van der Waals surface area contributed by atoms with Crippen molar-refractivity contribution < 1.29 is 17.6 Å². The molecule has 1 heterocycles. The Labute approximate surface area is 159 Å². The lowest BCUT2D eigenvalue weighted by molar-refractivity contribution is -0.125. The summed E-state index contributed by atoms with van der Waals surface area (Å²) in [6.07, 6.45) is 0.744. The summed E-state index contributed by atoms with van der Waals surface area (Å²) in [6, 6.07) is 10.7. The van der Waals surface area contributed by atoms with Gasteiger partial charge in [0.05, 0.1) is 11.4 Å². The molecule has 2 aromatic rings. The minimum atomic E-state index is -3.71. The number of hydrogen-bond donors (Lipinski definition) is 1. The highest BCUT2D eigenvalue weighted by molar-refractivity contribution is 7.91. The van der Waals surface area contributed by atoms with E-state index in [2.05, 4.69) is 4.72 Å². The smallest absolute Gasteiger partial charge is 0.236 e. The van der Waals surface area contributed by atoms with Crippen LogP contribution in [0.25, 0.3) is 0 Å². The van der Waals surface area contributed by atoms with Crippen LogP contribution in [0.2, 0.25) is 0 Å². The molecule has 0 spiro atoms. The summed E-state index contributed by atoms with van der Waals surface area (Å²) in [5.74, 6) is -0.801. The molecular weight excluding hydrogens is 367 g/mol. The number of rotatable bonds is 4. The van der Waals surface area contributed by atoms with Crippen molar-refractivity contribution in [2.24, 2.45) is 5.41 Å². The molecule has 144 valence electrons. The van der Waals surface area contributed by atoms with Gasteiger partial charge in [0.2, 0.25) is 15.9 Å². The van der Waals surface area contributed by atoms with Gasteiger partial charge in [-0.25, -0.2) is 12.8 Å². The molecule has 0 bridgehead atoms. The van der Waals surface area contributed by atoms with Crippen LogP contribution in [0, 0.1) is 11.2 Å². The van der Waals surface area contributed by atoms with Gasteiger partial charge in [0.15, 0.2) is 0 Å². The summed E-state index contributed by atoms with van der Waals surface area (Å²) in [5.41, 5.74) is 1.99. The van der Waals surface area contributed by atoms with E-state index in [1.54, 1.807) is 23.1 Å². The average molecular weight is 390 g/mol. The molecule has 0 atom stereocenters. The summed E-state index contributed by atoms with van der Waals surface area (Å²) in [7, 11) is -3.71. The van der Waals surface area contributed by atoms with Crippen molar-refractivity contribution >= 4 is 27.3 Å². The molecule has 1 aliphatic rings. The zero-order chi connectivity index (χ0) is 19.8. The molecule has 0 radical (unpaired) electrons. The third kappa shape index (κ3) is 4.47. The fourth-order valence-corrected chi connectivity index (χ4v) is 4.30. The van der Waals surface area contributed by atoms with Crippen LogP contribution in [0.5, 0.6) is 0 Å². The molecule has 2 aromatic carbocycles. The number of halogens is 1. The molecule has 0 fully saturated rings. The molecule has 7 heteroatoms. The van der Waals surface area contributed by atoms with Crippen LogP contribution in [0.1, 0.15) is 31.9 Å². The molecule has 5 nitrogen and oxygen atoms in total. The van der Waals surface area contributed by atoms with Crippen LogP contribution >= 0.6 is 0 Å². The zero-order valence-electron chi connectivity index (χ0n) is 15.6. The van der Waals surface area contributed by atoms with E-state index in [1.807, 2.05) is 26.8 Å². The number of sulfonamides is 1. The summed E-state index contributed by atoms with van der Waals surface area (Å²) in [4.78, 5) is 14.4. The molecule has 3 rings (SSSR count). The van der Waals surface area contributed by atoms with E-state index >= 15 is 0 Å². The third-order valence-electron chi connectivity index (χ3n) is 4.39. The Hall–Kier alpha value is -2.41. The van der Waals surface area contributed by atoms with Gasteiger partial charge < -0.3 is 4.90 Å². The maximum absolute atomic E-state index is 13.3. The molecule has 1 amide bonds. The maximum Gasteiger partial charge on any atom is 0.236 e. The van der Waals surface area contributed by atoms with Gasteiger partial charge in [-0.1, -0.05) is 39.0 Å². The topological polar surface area (TPSA) is 66.5 Å². The molecule has 0 unspecified atom stereocenters. The van der Waals surface area contributed by atoms with Crippen molar-refractivity contribution in [3.8, 4) is 0 Å². The normalized spacial score (nSPS) is 14.1. The molecule has 1 N–H and O–H groups in total. The fourth-order valence-electron chi connectivity index (χ4n) is 3.12. The van der Waals surface area contributed by atoms with Gasteiger partial charge in [0.1, 0.15) is 5.82 Å². The predicted octanol–water partition coefficient (Wildman–Crippen LogP) is 3.70. The second-order valence-electron chi connectivity index (χ2n) is 7.79. The van der Waals surface area contributed by atoms with Gasteiger partial charge in [-0.05, 0) is 41.8 Å². The van der Waals surface area contributed by atoms with Crippen molar-refractivity contribution in [3.63, 3.8) is 0 Å². The minimum absolute atomic E-state index is 0.000943. The van der Waals surface area contributed by atoms with Crippen molar-refractivity contribution in [1.29, 1.82) is 0 Å². The summed E-state index contributed by atoms with van der Waals surface area (Å²) >= 11 is 0. The van der Waals surface area contributed by atoms with E-state index in [9.17, 15) is 17.6 Å². The Morgan fingerprint density at radius 3 is 2.59 bits per heavy atom. The van der Waals surface area contributed by atoms with Gasteiger partial charge in [-0.15, -0.1) is 0 Å². The lowest BCUT2D eigenvalue weighted by atomic mass is 9.94. The van der Waals surface area contributed by atoms with E-state index in [0.29, 0.717) is 17.8 Å². The Kier molecular flexibility index (Phi) is 4.99. The lowest BCUT2D eigenvalue weighted by Crippen LogP contribution is -2.38. The van der Waals surface area contributed by atoms with Gasteiger partial charge in [-0.3, -0.25) is 9.52 Å². The van der Waals surface area contributed by atoms with Crippen LogP contribution in [0.3, 0.4) is 0 Å². The second-order valence-corrected chi connectivity index (χ2v) is 9.51. The molecule has 1 aliphatic heterocycles. The van der Waals surface area contributed by atoms with Crippen LogP contribution in [0.15, 0.2) is 42.5 Å². The highest BCUT2D eigenvalue weighted by atomic mass is 32.2. The lowest BCUT2D eigenvalue weighted by Gasteiger charge is -2.26. The van der Waals surface area contributed by atoms with E-state index < -0.39 is 21.3 Å². The largest absolute Gasteiger partial charge is 0.311 e. The summed E-state index contributed by atoms with van der Waals surface area (Å²) in [6.45, 7) is 6.17. The first-order valence-electron chi connectivity index (χ1n) is 8.75. The highest BCUT2D eigenvalue weighted by Crippen LogP contribution is 2.34. The summed E-state index contributed by atoms with van der Waals surface area (Å²) in [5, 5.41) is 0. The minimum Gasteiger partial charge on any atom is -0.311 e. The van der Waals surface area contributed by atoms with Crippen molar-refractivity contribution in [1.82, 2.24) is 0 Å². The number of anilines is 2.